The molecular weight excluding hydrogens is 244 g/mol. The molecule has 2 aromatic rings. The smallest absolute Gasteiger partial charge is 0.101 e. The Morgan fingerprint density at radius 1 is 1.22 bits per heavy atom. The van der Waals surface area contributed by atoms with E-state index >= 15 is 0 Å². The first-order valence-electron chi connectivity index (χ1n) is 5.68. The zero-order valence-corrected chi connectivity index (χ0v) is 10.8. The Labute approximate surface area is 112 Å². The van der Waals surface area contributed by atoms with Crippen molar-refractivity contribution < 1.29 is 0 Å². The Morgan fingerprint density at radius 2 is 2.06 bits per heavy atom. The van der Waals surface area contributed by atoms with Gasteiger partial charge in [-0.05, 0) is 30.7 Å². The highest BCUT2D eigenvalue weighted by Gasteiger charge is 2.01. The highest BCUT2D eigenvalue weighted by atomic mass is 35.5. The van der Waals surface area contributed by atoms with Crippen LogP contribution in [0, 0.1) is 18.3 Å². The summed E-state index contributed by atoms with van der Waals surface area (Å²) in [4.78, 5) is 0. The van der Waals surface area contributed by atoms with Gasteiger partial charge in [-0.3, -0.25) is 0 Å². The topological polar surface area (TPSA) is 35.8 Å². The van der Waals surface area contributed by atoms with Crippen LogP contribution in [0.5, 0.6) is 0 Å². The van der Waals surface area contributed by atoms with Crippen LogP contribution in [-0.2, 0) is 6.54 Å². The first kappa shape index (κ1) is 12.5. The number of rotatable bonds is 3. The molecule has 0 aromatic heterocycles. The second-order valence-corrected chi connectivity index (χ2v) is 4.56. The van der Waals surface area contributed by atoms with Gasteiger partial charge in [-0.2, -0.15) is 5.26 Å². The van der Waals surface area contributed by atoms with Gasteiger partial charge in [-0.15, -0.1) is 0 Å². The number of aryl methyl sites for hydroxylation is 1. The molecule has 1 N–H and O–H groups in total. The van der Waals surface area contributed by atoms with Gasteiger partial charge in [0, 0.05) is 12.2 Å². The molecule has 0 saturated carbocycles. The van der Waals surface area contributed by atoms with Gasteiger partial charge in [0.2, 0.25) is 0 Å². The summed E-state index contributed by atoms with van der Waals surface area (Å²) in [6.45, 7) is 2.81. The molecule has 0 atom stereocenters. The van der Waals surface area contributed by atoms with E-state index in [0.717, 1.165) is 12.2 Å². The van der Waals surface area contributed by atoms with E-state index < -0.39 is 0 Å². The Bertz CT molecular complexity index is 600. The summed E-state index contributed by atoms with van der Waals surface area (Å²) in [7, 11) is 0. The van der Waals surface area contributed by atoms with E-state index in [0.29, 0.717) is 10.6 Å². The molecule has 2 rings (SSSR count). The highest BCUT2D eigenvalue weighted by Crippen LogP contribution is 2.20. The third kappa shape index (κ3) is 3.03. The maximum atomic E-state index is 8.79. The van der Waals surface area contributed by atoms with Crippen molar-refractivity contribution in [1.82, 2.24) is 0 Å². The van der Waals surface area contributed by atoms with Crippen LogP contribution in [0.25, 0.3) is 0 Å². The molecular formula is C15H13ClN2. The van der Waals surface area contributed by atoms with Crippen LogP contribution in [0.3, 0.4) is 0 Å². The molecule has 0 aliphatic carbocycles. The number of halogens is 1. The number of anilines is 1. The minimum Gasteiger partial charge on any atom is -0.381 e. The largest absolute Gasteiger partial charge is 0.381 e. The Kier molecular flexibility index (Phi) is 3.86. The maximum absolute atomic E-state index is 8.79. The second kappa shape index (κ2) is 5.57. The maximum Gasteiger partial charge on any atom is 0.101 e. The molecule has 0 spiro atoms. The molecule has 2 nitrogen and oxygen atoms in total. The summed E-state index contributed by atoms with van der Waals surface area (Å²) in [5, 5.41) is 12.6. The number of nitriles is 1. The fourth-order valence-electron chi connectivity index (χ4n) is 1.74. The van der Waals surface area contributed by atoms with Gasteiger partial charge in [0.15, 0.2) is 0 Å². The van der Waals surface area contributed by atoms with Crippen molar-refractivity contribution in [3.63, 3.8) is 0 Å². The molecule has 2 aromatic carbocycles. The first-order chi connectivity index (χ1) is 8.69. The zero-order valence-electron chi connectivity index (χ0n) is 10.1. The third-order valence-electron chi connectivity index (χ3n) is 2.67. The molecule has 0 unspecified atom stereocenters. The molecule has 0 heterocycles. The summed E-state index contributed by atoms with van der Waals surface area (Å²) in [5.41, 5.74) is 3.88. The third-order valence-corrected chi connectivity index (χ3v) is 2.98. The predicted octanol–water partition coefficient (Wildman–Crippen LogP) is 4.13. The van der Waals surface area contributed by atoms with Crippen LogP contribution in [0.15, 0.2) is 42.5 Å². The Morgan fingerprint density at radius 3 is 2.72 bits per heavy atom. The Hall–Kier alpha value is -1.98. The fraction of sp³-hybridized carbons (Fsp3) is 0.133. The lowest BCUT2D eigenvalue weighted by Gasteiger charge is -2.08. The zero-order chi connectivity index (χ0) is 13.0. The molecule has 0 radical (unpaired) electrons. The quantitative estimate of drug-likeness (QED) is 0.896. The lowest BCUT2D eigenvalue weighted by molar-refractivity contribution is 1.14. The Balaban J connectivity index is 2.07. The number of hydrogen-bond acceptors (Lipinski definition) is 2. The van der Waals surface area contributed by atoms with Crippen molar-refractivity contribution in [2.45, 2.75) is 13.5 Å². The normalized spacial score (nSPS) is 9.83. The predicted molar refractivity (Wildman–Crippen MR) is 74.7 cm³/mol. The van der Waals surface area contributed by atoms with Crippen LogP contribution in [0.1, 0.15) is 16.7 Å². The average molecular weight is 257 g/mol. The number of nitrogens with one attached hydrogen (secondary N) is 1. The SMILES string of the molecule is Cc1cccc(CNc2ccc(C#N)c(Cl)c2)c1. The van der Waals surface area contributed by atoms with E-state index in [1.54, 1.807) is 12.1 Å². The van der Waals surface area contributed by atoms with Crippen LogP contribution < -0.4 is 5.32 Å². The van der Waals surface area contributed by atoms with Crippen LogP contribution in [0.4, 0.5) is 5.69 Å². The van der Waals surface area contributed by atoms with E-state index in [1.807, 2.05) is 18.2 Å². The molecule has 18 heavy (non-hydrogen) atoms. The van der Waals surface area contributed by atoms with Gasteiger partial charge >= 0.3 is 0 Å². The minimum absolute atomic E-state index is 0.478. The van der Waals surface area contributed by atoms with Crippen LogP contribution in [-0.4, -0.2) is 0 Å². The minimum atomic E-state index is 0.478. The molecule has 3 heteroatoms. The highest BCUT2D eigenvalue weighted by molar-refractivity contribution is 6.32. The van der Waals surface area contributed by atoms with Crippen molar-refractivity contribution in [3.8, 4) is 6.07 Å². The van der Waals surface area contributed by atoms with E-state index in [4.69, 9.17) is 16.9 Å². The number of hydrogen-bond donors (Lipinski definition) is 1. The molecule has 0 amide bonds. The van der Waals surface area contributed by atoms with Gasteiger partial charge in [-0.1, -0.05) is 41.4 Å². The van der Waals surface area contributed by atoms with Crippen LogP contribution >= 0.6 is 11.6 Å². The summed E-state index contributed by atoms with van der Waals surface area (Å²) in [6.07, 6.45) is 0. The van der Waals surface area contributed by atoms with Crippen molar-refractivity contribution in [2.75, 3.05) is 5.32 Å². The van der Waals surface area contributed by atoms with E-state index in [2.05, 4.69) is 30.4 Å². The standard InChI is InChI=1S/C15H13ClN2/c1-11-3-2-4-12(7-11)10-18-14-6-5-13(9-17)15(16)8-14/h2-8,18H,10H2,1H3. The van der Waals surface area contributed by atoms with E-state index in [9.17, 15) is 0 Å². The summed E-state index contributed by atoms with van der Waals surface area (Å²) in [6, 6.07) is 15.7. The first-order valence-corrected chi connectivity index (χ1v) is 6.06. The summed E-state index contributed by atoms with van der Waals surface area (Å²) in [5.74, 6) is 0. The van der Waals surface area contributed by atoms with E-state index in [1.165, 1.54) is 11.1 Å². The van der Waals surface area contributed by atoms with Gasteiger partial charge in [0.1, 0.15) is 6.07 Å². The van der Waals surface area contributed by atoms with E-state index in [-0.39, 0.29) is 0 Å². The summed E-state index contributed by atoms with van der Waals surface area (Å²) >= 11 is 5.97. The number of benzene rings is 2. The molecule has 0 aliphatic rings. The molecule has 0 saturated heterocycles. The van der Waals surface area contributed by atoms with Gasteiger partial charge < -0.3 is 5.32 Å². The van der Waals surface area contributed by atoms with Gasteiger partial charge in [-0.25, -0.2) is 0 Å². The van der Waals surface area contributed by atoms with Crippen molar-refractivity contribution in [3.05, 3.63) is 64.2 Å². The molecule has 0 fully saturated rings. The van der Waals surface area contributed by atoms with Crippen molar-refractivity contribution >= 4 is 17.3 Å². The monoisotopic (exact) mass is 256 g/mol. The average Bonchev–Trinajstić information content (AvgIpc) is 2.37. The lowest BCUT2D eigenvalue weighted by Crippen LogP contribution is -1.99. The van der Waals surface area contributed by atoms with Crippen LogP contribution in [0.2, 0.25) is 5.02 Å². The number of nitrogens with zero attached hydrogens (tertiary/aromatic N) is 1. The van der Waals surface area contributed by atoms with Gasteiger partial charge in [0.25, 0.3) is 0 Å². The molecule has 0 bridgehead atoms. The van der Waals surface area contributed by atoms with Crippen molar-refractivity contribution in [1.29, 1.82) is 5.26 Å². The van der Waals surface area contributed by atoms with Gasteiger partial charge in [0.05, 0.1) is 10.6 Å². The molecule has 0 aliphatic heterocycles. The molecule has 90 valence electrons. The summed E-state index contributed by atoms with van der Waals surface area (Å²) < 4.78 is 0. The fourth-order valence-corrected chi connectivity index (χ4v) is 1.96. The van der Waals surface area contributed by atoms with Crippen molar-refractivity contribution in [2.24, 2.45) is 0 Å². The lowest BCUT2D eigenvalue weighted by atomic mass is 10.1. The second-order valence-electron chi connectivity index (χ2n) is 4.15.